The fourth-order valence-corrected chi connectivity index (χ4v) is 2.15. The zero-order valence-corrected chi connectivity index (χ0v) is 13.1. The number of halogens is 1. The van der Waals surface area contributed by atoms with Crippen LogP contribution in [0.4, 0.5) is 10.1 Å². The van der Waals surface area contributed by atoms with Crippen molar-refractivity contribution in [2.45, 2.75) is 33.8 Å². The third-order valence-electron chi connectivity index (χ3n) is 3.38. The van der Waals surface area contributed by atoms with Crippen molar-refractivity contribution in [2.75, 3.05) is 5.32 Å². The highest BCUT2D eigenvalue weighted by atomic mass is 19.1. The second kappa shape index (κ2) is 7.07. The van der Waals surface area contributed by atoms with Crippen LogP contribution < -0.4 is 10.1 Å². The average molecular weight is 301 g/mol. The summed E-state index contributed by atoms with van der Waals surface area (Å²) in [5.41, 5.74) is 3.41. The largest absolute Gasteiger partial charge is 0.489 e. The third kappa shape index (κ3) is 4.07. The van der Waals surface area contributed by atoms with Crippen molar-refractivity contribution < 1.29 is 13.9 Å². The molecule has 0 aliphatic heterocycles. The van der Waals surface area contributed by atoms with E-state index in [1.807, 2.05) is 32.0 Å². The lowest BCUT2D eigenvalue weighted by Crippen LogP contribution is -2.12. The van der Waals surface area contributed by atoms with Crippen molar-refractivity contribution in [3.63, 3.8) is 0 Å². The summed E-state index contributed by atoms with van der Waals surface area (Å²) >= 11 is 0. The zero-order valence-electron chi connectivity index (χ0n) is 13.1. The number of benzene rings is 2. The molecule has 0 bridgehead atoms. The second-order valence-corrected chi connectivity index (χ2v) is 5.26. The Morgan fingerprint density at radius 2 is 1.95 bits per heavy atom. The molecule has 22 heavy (non-hydrogen) atoms. The van der Waals surface area contributed by atoms with Crippen LogP contribution in [0.25, 0.3) is 0 Å². The van der Waals surface area contributed by atoms with Gasteiger partial charge in [-0.05, 0) is 37.6 Å². The molecule has 1 amide bonds. The predicted octanol–water partition coefficient (Wildman–Crippen LogP) is 4.37. The molecule has 0 fully saturated rings. The van der Waals surface area contributed by atoms with Crippen LogP contribution in [0, 0.1) is 19.7 Å². The van der Waals surface area contributed by atoms with Crippen molar-refractivity contribution in [2.24, 2.45) is 0 Å². The Morgan fingerprint density at radius 1 is 1.18 bits per heavy atom. The molecule has 2 rings (SSSR count). The Morgan fingerprint density at radius 3 is 2.64 bits per heavy atom. The number of hydrogen-bond acceptors (Lipinski definition) is 2. The molecule has 4 heteroatoms. The van der Waals surface area contributed by atoms with Gasteiger partial charge in [0, 0.05) is 12.0 Å². The minimum absolute atomic E-state index is 0.154. The number of anilines is 1. The van der Waals surface area contributed by atoms with Crippen LogP contribution in [0.3, 0.4) is 0 Å². The van der Waals surface area contributed by atoms with Gasteiger partial charge in [0.15, 0.2) is 0 Å². The van der Waals surface area contributed by atoms with Crippen molar-refractivity contribution in [1.29, 1.82) is 0 Å². The number of carbonyl (C=O) groups is 1. The van der Waals surface area contributed by atoms with E-state index < -0.39 is 0 Å². The van der Waals surface area contributed by atoms with Gasteiger partial charge in [-0.15, -0.1) is 0 Å². The Hall–Kier alpha value is -2.36. The molecule has 2 aromatic rings. The van der Waals surface area contributed by atoms with Crippen LogP contribution in [-0.4, -0.2) is 5.91 Å². The molecular weight excluding hydrogens is 281 g/mol. The van der Waals surface area contributed by atoms with Gasteiger partial charge in [-0.2, -0.15) is 0 Å². The lowest BCUT2D eigenvalue weighted by molar-refractivity contribution is -0.115. The van der Waals surface area contributed by atoms with E-state index in [1.54, 1.807) is 13.0 Å². The average Bonchev–Trinajstić information content (AvgIpc) is 2.48. The monoisotopic (exact) mass is 301 g/mol. The summed E-state index contributed by atoms with van der Waals surface area (Å²) < 4.78 is 19.2. The summed E-state index contributed by atoms with van der Waals surface area (Å²) in [5, 5.41) is 2.70. The molecule has 1 N–H and O–H groups in total. The van der Waals surface area contributed by atoms with E-state index in [1.165, 1.54) is 17.7 Å². The van der Waals surface area contributed by atoms with E-state index in [0.29, 0.717) is 12.1 Å². The van der Waals surface area contributed by atoms with Crippen LogP contribution in [0.5, 0.6) is 5.75 Å². The van der Waals surface area contributed by atoms with Gasteiger partial charge in [-0.1, -0.05) is 30.7 Å². The standard InChI is InChI=1S/C18H20FNO2/c1-4-18(21)20-16-10-15(19)7-6-14(16)11-22-17-8-5-12(2)9-13(17)3/h5-10H,4,11H2,1-3H3,(H,20,21). The van der Waals surface area contributed by atoms with Gasteiger partial charge in [0.05, 0.1) is 5.69 Å². The SMILES string of the molecule is CCC(=O)Nc1cc(F)ccc1COc1ccc(C)cc1C. The molecular formula is C18H20FNO2. The molecule has 0 saturated carbocycles. The lowest BCUT2D eigenvalue weighted by Gasteiger charge is -2.13. The summed E-state index contributed by atoms with van der Waals surface area (Å²) in [5.74, 6) is 0.239. The van der Waals surface area contributed by atoms with Gasteiger partial charge < -0.3 is 10.1 Å². The fraction of sp³-hybridized carbons (Fsp3) is 0.278. The van der Waals surface area contributed by atoms with Crippen LogP contribution >= 0.6 is 0 Å². The van der Waals surface area contributed by atoms with Gasteiger partial charge in [-0.25, -0.2) is 4.39 Å². The van der Waals surface area contributed by atoms with Gasteiger partial charge in [0.25, 0.3) is 0 Å². The van der Waals surface area contributed by atoms with E-state index in [9.17, 15) is 9.18 Å². The minimum atomic E-state index is -0.387. The predicted molar refractivity (Wildman–Crippen MR) is 85.6 cm³/mol. The molecule has 0 unspecified atom stereocenters. The van der Waals surface area contributed by atoms with Crippen LogP contribution in [0.15, 0.2) is 36.4 Å². The zero-order chi connectivity index (χ0) is 16.1. The Labute approximate surface area is 130 Å². The number of hydrogen-bond donors (Lipinski definition) is 1. The maximum atomic E-state index is 13.4. The molecule has 0 heterocycles. The Kier molecular flexibility index (Phi) is 5.15. The Bertz CT molecular complexity index is 683. The Balaban J connectivity index is 2.16. The van der Waals surface area contributed by atoms with Gasteiger partial charge in [0.2, 0.25) is 5.91 Å². The summed E-state index contributed by atoms with van der Waals surface area (Å²) in [6.07, 6.45) is 0.341. The van der Waals surface area contributed by atoms with Gasteiger partial charge in [0.1, 0.15) is 18.2 Å². The van der Waals surface area contributed by atoms with Crippen LogP contribution in [0.1, 0.15) is 30.0 Å². The molecule has 0 radical (unpaired) electrons. The summed E-state index contributed by atoms with van der Waals surface area (Å²) in [6, 6.07) is 10.2. The van der Waals surface area contributed by atoms with Crippen LogP contribution in [0.2, 0.25) is 0 Å². The normalized spacial score (nSPS) is 10.4. The second-order valence-electron chi connectivity index (χ2n) is 5.26. The molecule has 116 valence electrons. The van der Waals surface area contributed by atoms with Gasteiger partial charge >= 0.3 is 0 Å². The highest BCUT2D eigenvalue weighted by Gasteiger charge is 2.09. The van der Waals surface area contributed by atoms with Crippen LogP contribution in [-0.2, 0) is 11.4 Å². The topological polar surface area (TPSA) is 38.3 Å². The maximum absolute atomic E-state index is 13.4. The van der Waals surface area contributed by atoms with E-state index in [-0.39, 0.29) is 18.3 Å². The number of amides is 1. The smallest absolute Gasteiger partial charge is 0.224 e. The number of carbonyl (C=O) groups excluding carboxylic acids is 1. The maximum Gasteiger partial charge on any atom is 0.224 e. The highest BCUT2D eigenvalue weighted by molar-refractivity contribution is 5.91. The number of rotatable bonds is 5. The number of aryl methyl sites for hydroxylation is 2. The number of ether oxygens (including phenoxy) is 1. The van der Waals surface area contributed by atoms with Crippen molar-refractivity contribution >= 4 is 11.6 Å². The van der Waals surface area contributed by atoms with Crippen molar-refractivity contribution in [1.82, 2.24) is 0 Å². The first-order chi connectivity index (χ1) is 10.5. The van der Waals surface area contributed by atoms with Crippen molar-refractivity contribution in [3.05, 3.63) is 58.9 Å². The molecule has 0 aliphatic carbocycles. The van der Waals surface area contributed by atoms with E-state index in [0.717, 1.165) is 16.9 Å². The molecule has 0 saturated heterocycles. The van der Waals surface area contributed by atoms with Crippen molar-refractivity contribution in [3.8, 4) is 5.75 Å². The third-order valence-corrected chi connectivity index (χ3v) is 3.38. The summed E-state index contributed by atoms with van der Waals surface area (Å²) in [4.78, 5) is 11.5. The van der Waals surface area contributed by atoms with E-state index >= 15 is 0 Å². The lowest BCUT2D eigenvalue weighted by atomic mass is 10.1. The first-order valence-corrected chi connectivity index (χ1v) is 7.28. The summed E-state index contributed by atoms with van der Waals surface area (Å²) in [6.45, 7) is 6.02. The molecule has 2 aromatic carbocycles. The molecule has 0 spiro atoms. The van der Waals surface area contributed by atoms with Gasteiger partial charge in [-0.3, -0.25) is 4.79 Å². The minimum Gasteiger partial charge on any atom is -0.489 e. The molecule has 0 aromatic heterocycles. The van der Waals surface area contributed by atoms with E-state index in [2.05, 4.69) is 5.32 Å². The number of nitrogens with one attached hydrogen (secondary N) is 1. The first kappa shape index (κ1) is 16.0. The fourth-order valence-electron chi connectivity index (χ4n) is 2.15. The highest BCUT2D eigenvalue weighted by Crippen LogP contribution is 2.23. The first-order valence-electron chi connectivity index (χ1n) is 7.28. The molecule has 3 nitrogen and oxygen atoms in total. The summed E-state index contributed by atoms with van der Waals surface area (Å²) in [7, 11) is 0. The quantitative estimate of drug-likeness (QED) is 0.890. The molecule has 0 aliphatic rings. The molecule has 0 atom stereocenters. The van der Waals surface area contributed by atoms with E-state index in [4.69, 9.17) is 4.74 Å².